The first kappa shape index (κ1) is 30.4. The lowest BCUT2D eigenvalue weighted by atomic mass is 10.0. The van der Waals surface area contributed by atoms with Gasteiger partial charge in [0.15, 0.2) is 0 Å². The average Bonchev–Trinajstić information content (AvgIpc) is 3.54. The molecule has 0 N–H and O–H groups in total. The highest BCUT2D eigenvalue weighted by atomic mass is 15.1. The summed E-state index contributed by atoms with van der Waals surface area (Å²) in [4.78, 5) is 2.41. The van der Waals surface area contributed by atoms with E-state index in [-0.39, 0.29) is 0 Å². The van der Waals surface area contributed by atoms with Crippen LogP contribution >= 0.6 is 0 Å². The van der Waals surface area contributed by atoms with E-state index in [0.717, 1.165) is 22.7 Å². The Hall–Kier alpha value is -6.64. The van der Waals surface area contributed by atoms with E-state index < -0.39 is 0 Å². The lowest BCUT2D eigenvalue weighted by molar-refractivity contribution is 1.18. The van der Waals surface area contributed by atoms with Crippen LogP contribution in [0.15, 0.2) is 200 Å². The van der Waals surface area contributed by atoms with E-state index in [1.165, 1.54) is 60.8 Å². The fourth-order valence-electron chi connectivity index (χ4n) is 7.47. The van der Waals surface area contributed by atoms with E-state index in [1.54, 1.807) is 0 Å². The second-order valence-electron chi connectivity index (χ2n) is 13.1. The fraction of sp³-hybridized carbons (Fsp3) is 0.0204. The van der Waals surface area contributed by atoms with E-state index in [9.17, 15) is 0 Å². The van der Waals surface area contributed by atoms with Crippen LogP contribution in [0.4, 0.5) is 17.1 Å². The van der Waals surface area contributed by atoms with Gasteiger partial charge in [0.2, 0.25) is 0 Å². The number of fused-ring (bicyclic) bond motifs is 3. The van der Waals surface area contributed by atoms with Crippen molar-refractivity contribution in [2.45, 2.75) is 6.92 Å². The molecule has 0 atom stereocenters. The minimum absolute atomic E-state index is 1.10. The molecule has 51 heavy (non-hydrogen) atoms. The minimum atomic E-state index is 1.10. The topological polar surface area (TPSA) is 8.17 Å². The maximum absolute atomic E-state index is 2.45. The standard InChI is InChI=1S/C49H36N2/c1-35-14-12-19-40(34-35)43-20-8-10-22-45(43)51-46-23-11-9-21-44(46)49-47(24-13-25-48(49)51)50(41-30-26-38(27-31-41)36-15-4-2-5-16-36)42-32-28-39(29-33-42)37-17-6-3-7-18-37/h2-34H,1H3. The quantitative estimate of drug-likeness (QED) is 0.166. The third-order valence-electron chi connectivity index (χ3n) is 9.86. The molecule has 0 amide bonds. The van der Waals surface area contributed by atoms with Crippen molar-refractivity contribution < 1.29 is 0 Å². The van der Waals surface area contributed by atoms with E-state index in [1.807, 2.05) is 0 Å². The molecule has 1 aromatic heterocycles. The van der Waals surface area contributed by atoms with Crippen LogP contribution in [0.2, 0.25) is 0 Å². The molecule has 0 aliphatic rings. The van der Waals surface area contributed by atoms with Crippen LogP contribution < -0.4 is 4.90 Å². The van der Waals surface area contributed by atoms with Crippen LogP contribution in [0.25, 0.3) is 60.9 Å². The summed E-state index contributed by atoms with van der Waals surface area (Å²) in [6, 6.07) is 72.2. The third kappa shape index (κ3) is 5.57. The molecule has 242 valence electrons. The van der Waals surface area contributed by atoms with Gasteiger partial charge in [0.25, 0.3) is 0 Å². The molecule has 2 nitrogen and oxygen atoms in total. The van der Waals surface area contributed by atoms with Crippen molar-refractivity contribution in [3.05, 3.63) is 206 Å². The molecule has 0 spiro atoms. The van der Waals surface area contributed by atoms with Gasteiger partial charge in [-0.3, -0.25) is 0 Å². The monoisotopic (exact) mass is 652 g/mol. The van der Waals surface area contributed by atoms with Gasteiger partial charge in [-0.1, -0.05) is 157 Å². The molecule has 0 bridgehead atoms. The van der Waals surface area contributed by atoms with Crippen LogP contribution in [0.3, 0.4) is 0 Å². The van der Waals surface area contributed by atoms with Gasteiger partial charge < -0.3 is 9.47 Å². The van der Waals surface area contributed by atoms with Gasteiger partial charge in [-0.25, -0.2) is 0 Å². The first-order valence-electron chi connectivity index (χ1n) is 17.5. The predicted octanol–water partition coefficient (Wildman–Crippen LogP) is 13.6. The molecule has 9 rings (SSSR count). The fourth-order valence-corrected chi connectivity index (χ4v) is 7.47. The molecule has 0 unspecified atom stereocenters. The molecule has 0 radical (unpaired) electrons. The van der Waals surface area contributed by atoms with E-state index in [4.69, 9.17) is 0 Å². The number of anilines is 3. The third-order valence-corrected chi connectivity index (χ3v) is 9.86. The van der Waals surface area contributed by atoms with E-state index in [0.29, 0.717) is 0 Å². The van der Waals surface area contributed by atoms with E-state index >= 15 is 0 Å². The molecule has 0 saturated carbocycles. The first-order valence-corrected chi connectivity index (χ1v) is 17.5. The molecular weight excluding hydrogens is 617 g/mol. The summed E-state index contributed by atoms with van der Waals surface area (Å²) in [5.41, 5.74) is 15.3. The normalized spacial score (nSPS) is 11.2. The average molecular weight is 653 g/mol. The highest BCUT2D eigenvalue weighted by molar-refractivity contribution is 6.17. The summed E-state index contributed by atoms with van der Waals surface area (Å²) in [6.45, 7) is 2.16. The zero-order chi connectivity index (χ0) is 34.1. The maximum atomic E-state index is 2.45. The van der Waals surface area contributed by atoms with Crippen LogP contribution in [-0.4, -0.2) is 4.57 Å². The molecule has 0 fully saturated rings. The molecule has 0 aliphatic heterocycles. The second kappa shape index (κ2) is 13.0. The highest BCUT2D eigenvalue weighted by Gasteiger charge is 2.22. The van der Waals surface area contributed by atoms with Crippen molar-refractivity contribution >= 4 is 38.9 Å². The van der Waals surface area contributed by atoms with Crippen molar-refractivity contribution in [1.82, 2.24) is 4.57 Å². The number of para-hydroxylation sites is 2. The number of nitrogens with zero attached hydrogens (tertiary/aromatic N) is 2. The number of aryl methyl sites for hydroxylation is 1. The number of hydrogen-bond donors (Lipinski definition) is 0. The van der Waals surface area contributed by atoms with Crippen molar-refractivity contribution in [1.29, 1.82) is 0 Å². The Labute approximate surface area is 299 Å². The molecule has 0 aliphatic carbocycles. The Bertz CT molecular complexity index is 2530. The SMILES string of the molecule is Cc1cccc(-c2ccccc2-n2c3ccccc3c3c(N(c4ccc(-c5ccccc5)cc4)c4ccc(-c5ccccc5)cc4)cccc32)c1. The van der Waals surface area contributed by atoms with Crippen LogP contribution in [0.1, 0.15) is 5.56 Å². The molecule has 8 aromatic carbocycles. The number of hydrogen-bond acceptors (Lipinski definition) is 1. The van der Waals surface area contributed by atoms with Crippen molar-refractivity contribution in [2.24, 2.45) is 0 Å². The summed E-state index contributed by atoms with van der Waals surface area (Å²) < 4.78 is 2.45. The minimum Gasteiger partial charge on any atom is -0.310 e. The molecule has 0 saturated heterocycles. The Balaban J connectivity index is 1.27. The molecule has 1 heterocycles. The smallest absolute Gasteiger partial charge is 0.0562 e. The molecule has 9 aromatic rings. The zero-order valence-electron chi connectivity index (χ0n) is 28.4. The van der Waals surface area contributed by atoms with Gasteiger partial charge in [-0.05, 0) is 83.3 Å². The van der Waals surface area contributed by atoms with Gasteiger partial charge in [0.05, 0.1) is 22.4 Å². The number of rotatable bonds is 7. The van der Waals surface area contributed by atoms with Crippen molar-refractivity contribution in [3.63, 3.8) is 0 Å². The zero-order valence-corrected chi connectivity index (χ0v) is 28.4. The highest BCUT2D eigenvalue weighted by Crippen LogP contribution is 2.45. The van der Waals surface area contributed by atoms with Gasteiger partial charge in [-0.15, -0.1) is 0 Å². The summed E-state index contributed by atoms with van der Waals surface area (Å²) in [5, 5.41) is 2.43. The van der Waals surface area contributed by atoms with Crippen LogP contribution in [0.5, 0.6) is 0 Å². The summed E-state index contributed by atoms with van der Waals surface area (Å²) in [5.74, 6) is 0. The van der Waals surface area contributed by atoms with Crippen molar-refractivity contribution in [3.8, 4) is 39.1 Å². The lowest BCUT2D eigenvalue weighted by Crippen LogP contribution is -2.10. The maximum Gasteiger partial charge on any atom is 0.0562 e. The Morgan fingerprint density at radius 2 is 0.902 bits per heavy atom. The van der Waals surface area contributed by atoms with Gasteiger partial charge in [0, 0.05) is 27.7 Å². The van der Waals surface area contributed by atoms with Crippen molar-refractivity contribution in [2.75, 3.05) is 4.90 Å². The van der Waals surface area contributed by atoms with E-state index in [2.05, 4.69) is 217 Å². The predicted molar refractivity (Wildman–Crippen MR) is 217 cm³/mol. The van der Waals surface area contributed by atoms with Crippen LogP contribution in [0, 0.1) is 6.92 Å². The Morgan fingerprint density at radius 3 is 1.55 bits per heavy atom. The summed E-state index contributed by atoms with van der Waals surface area (Å²) >= 11 is 0. The largest absolute Gasteiger partial charge is 0.310 e. The van der Waals surface area contributed by atoms with Gasteiger partial charge in [-0.2, -0.15) is 0 Å². The lowest BCUT2D eigenvalue weighted by Gasteiger charge is -2.27. The first-order chi connectivity index (χ1) is 25.2. The Morgan fingerprint density at radius 1 is 0.392 bits per heavy atom. The van der Waals surface area contributed by atoms with Crippen LogP contribution in [-0.2, 0) is 0 Å². The Kier molecular flexibility index (Phi) is 7.75. The summed E-state index contributed by atoms with van der Waals surface area (Å²) in [7, 11) is 0. The molecule has 2 heteroatoms. The molecular formula is C49H36N2. The second-order valence-corrected chi connectivity index (χ2v) is 13.1. The van der Waals surface area contributed by atoms with Gasteiger partial charge >= 0.3 is 0 Å². The number of benzene rings is 8. The summed E-state index contributed by atoms with van der Waals surface area (Å²) in [6.07, 6.45) is 0. The van der Waals surface area contributed by atoms with Gasteiger partial charge in [0.1, 0.15) is 0 Å². The number of aromatic nitrogens is 1.